The van der Waals surface area contributed by atoms with Crippen molar-refractivity contribution >= 4 is 5.97 Å². The maximum absolute atomic E-state index is 13.9. The van der Waals surface area contributed by atoms with Crippen LogP contribution in [0.2, 0.25) is 0 Å². The SMILES string of the molecule is CCCOC(=O)[C@](F)(OC(F)(F)[C@@](F)(OC(F)(F)C(F)(F)C(F)(F)F)C(F)(F)F)C(F)(F)F. The minimum absolute atomic E-state index is 0.493. The molecule has 0 aliphatic heterocycles. The molecule has 198 valence electrons. The lowest BCUT2D eigenvalue weighted by Gasteiger charge is -2.39. The van der Waals surface area contributed by atoms with E-state index >= 15 is 0 Å². The molecule has 0 saturated heterocycles. The van der Waals surface area contributed by atoms with Crippen LogP contribution in [0.5, 0.6) is 0 Å². The number of hydrogen-bond donors (Lipinski definition) is 0. The molecule has 0 rings (SSSR count). The molecule has 0 N–H and O–H groups in total. The Labute approximate surface area is 169 Å². The summed E-state index contributed by atoms with van der Waals surface area (Å²) >= 11 is 0. The summed E-state index contributed by atoms with van der Waals surface area (Å²) in [5.74, 6) is -26.3. The molecular formula is C12H7F17O4. The molecule has 0 fully saturated rings. The molecule has 0 aromatic carbocycles. The zero-order valence-corrected chi connectivity index (χ0v) is 15.0. The molecule has 21 heteroatoms. The zero-order valence-electron chi connectivity index (χ0n) is 15.0. The van der Waals surface area contributed by atoms with E-state index in [0.29, 0.717) is 0 Å². The van der Waals surface area contributed by atoms with Crippen molar-refractivity contribution in [2.75, 3.05) is 6.61 Å². The Morgan fingerprint density at radius 3 is 1.33 bits per heavy atom. The number of carbonyl (C=O) groups excluding carboxylic acids is 1. The number of carbonyl (C=O) groups is 1. The topological polar surface area (TPSA) is 44.8 Å². The summed E-state index contributed by atoms with van der Waals surface area (Å²) in [6.07, 6.45) is -39.0. The van der Waals surface area contributed by atoms with Crippen LogP contribution in [-0.2, 0) is 19.0 Å². The molecule has 0 aliphatic rings. The lowest BCUT2D eigenvalue weighted by Crippen LogP contribution is -2.68. The molecule has 0 aliphatic carbocycles. The Balaban J connectivity index is 6.67. The average Bonchev–Trinajstić information content (AvgIpc) is 2.55. The van der Waals surface area contributed by atoms with E-state index in [1.54, 1.807) is 4.74 Å². The summed E-state index contributed by atoms with van der Waals surface area (Å²) in [5.41, 5.74) is 0. The van der Waals surface area contributed by atoms with Gasteiger partial charge in [0.15, 0.2) is 0 Å². The predicted molar refractivity (Wildman–Crippen MR) is 64.1 cm³/mol. The van der Waals surface area contributed by atoms with Crippen LogP contribution < -0.4 is 0 Å². The monoisotopic (exact) mass is 538 g/mol. The van der Waals surface area contributed by atoms with Gasteiger partial charge in [-0.15, -0.1) is 0 Å². The number of alkyl halides is 17. The third kappa shape index (κ3) is 5.65. The van der Waals surface area contributed by atoms with Crippen LogP contribution in [0.1, 0.15) is 13.3 Å². The van der Waals surface area contributed by atoms with Gasteiger partial charge in [0.25, 0.3) is 0 Å². The maximum Gasteiger partial charge on any atom is 0.462 e. The summed E-state index contributed by atoms with van der Waals surface area (Å²) in [6, 6.07) is 0. The van der Waals surface area contributed by atoms with Crippen LogP contribution >= 0.6 is 0 Å². The first kappa shape index (κ1) is 31.2. The van der Waals surface area contributed by atoms with Gasteiger partial charge in [-0.2, -0.15) is 74.6 Å². The Hall–Kier alpha value is -1.80. The molecule has 0 unspecified atom stereocenters. The third-order valence-corrected chi connectivity index (χ3v) is 3.06. The summed E-state index contributed by atoms with van der Waals surface area (Å²) in [7, 11) is 0. The summed E-state index contributed by atoms with van der Waals surface area (Å²) in [5, 5.41) is 0. The summed E-state index contributed by atoms with van der Waals surface area (Å²) < 4.78 is 225. The van der Waals surface area contributed by atoms with Crippen LogP contribution in [0.3, 0.4) is 0 Å². The second-order valence-electron chi connectivity index (χ2n) is 5.63. The van der Waals surface area contributed by atoms with E-state index in [9.17, 15) is 79.4 Å². The molecule has 0 bridgehead atoms. The molecule has 0 aromatic rings. The van der Waals surface area contributed by atoms with Crippen molar-refractivity contribution in [3.63, 3.8) is 0 Å². The first-order valence-electron chi connectivity index (χ1n) is 7.43. The van der Waals surface area contributed by atoms with Crippen LogP contribution in [-0.4, -0.2) is 61.0 Å². The minimum Gasteiger partial charge on any atom is -0.461 e. The molecule has 0 aromatic heterocycles. The predicted octanol–water partition coefficient (Wildman–Crippen LogP) is 5.81. The highest BCUT2D eigenvalue weighted by atomic mass is 19.4. The first-order chi connectivity index (χ1) is 14.1. The van der Waals surface area contributed by atoms with Gasteiger partial charge in [-0.25, -0.2) is 4.79 Å². The highest BCUT2D eigenvalue weighted by molar-refractivity contribution is 5.78. The molecule has 33 heavy (non-hydrogen) atoms. The smallest absolute Gasteiger partial charge is 0.461 e. The summed E-state index contributed by atoms with van der Waals surface area (Å²) in [6.45, 7) is -0.273. The Kier molecular flexibility index (Phi) is 8.29. The maximum atomic E-state index is 13.9. The van der Waals surface area contributed by atoms with Crippen molar-refractivity contribution in [2.45, 2.75) is 61.7 Å². The average molecular weight is 538 g/mol. The lowest BCUT2D eigenvalue weighted by atomic mass is 10.2. The van der Waals surface area contributed by atoms with Crippen LogP contribution in [0.15, 0.2) is 0 Å². The Morgan fingerprint density at radius 2 is 1.03 bits per heavy atom. The highest BCUT2D eigenvalue weighted by Crippen LogP contribution is 2.56. The van der Waals surface area contributed by atoms with E-state index in [-0.39, 0.29) is 0 Å². The van der Waals surface area contributed by atoms with E-state index in [1.807, 2.05) is 0 Å². The van der Waals surface area contributed by atoms with Crippen molar-refractivity contribution in [3.05, 3.63) is 0 Å². The second-order valence-corrected chi connectivity index (χ2v) is 5.63. The number of hydrogen-bond acceptors (Lipinski definition) is 4. The Bertz CT molecular complexity index is 696. The molecule has 2 atom stereocenters. The van der Waals surface area contributed by atoms with Gasteiger partial charge >= 0.3 is 54.3 Å². The van der Waals surface area contributed by atoms with Gasteiger partial charge in [0.1, 0.15) is 0 Å². The third-order valence-electron chi connectivity index (χ3n) is 3.06. The van der Waals surface area contributed by atoms with Crippen molar-refractivity contribution in [1.82, 2.24) is 0 Å². The fourth-order valence-electron chi connectivity index (χ4n) is 1.43. The fraction of sp³-hybridized carbons (Fsp3) is 0.917. The van der Waals surface area contributed by atoms with Crippen molar-refractivity contribution in [2.24, 2.45) is 0 Å². The van der Waals surface area contributed by atoms with E-state index in [4.69, 9.17) is 0 Å². The Morgan fingerprint density at radius 1 is 0.606 bits per heavy atom. The van der Waals surface area contributed by atoms with Gasteiger partial charge in [-0.3, -0.25) is 9.47 Å². The summed E-state index contributed by atoms with van der Waals surface area (Å²) in [4.78, 5) is 11.1. The quantitative estimate of drug-likeness (QED) is 0.275. The molecule has 4 nitrogen and oxygen atoms in total. The molecule has 0 amide bonds. The van der Waals surface area contributed by atoms with Gasteiger partial charge < -0.3 is 4.74 Å². The van der Waals surface area contributed by atoms with Gasteiger partial charge in [0, 0.05) is 0 Å². The zero-order chi connectivity index (χ0) is 27.1. The van der Waals surface area contributed by atoms with E-state index < -0.39 is 67.4 Å². The standard InChI is InChI=1S/C12H7F17O4/c1-2-3-31-4(30)5(13,8(17,18)19)32-12(28,29)7(16,10(23,24)25)33-11(26,27)6(14,15)9(20,21)22/h2-3H2,1H3/t5-,7-/m0/s1. The van der Waals surface area contributed by atoms with Crippen LogP contribution in [0, 0.1) is 0 Å². The molecule has 0 saturated carbocycles. The van der Waals surface area contributed by atoms with Gasteiger partial charge in [-0.05, 0) is 6.42 Å². The number of esters is 1. The molecule has 0 radical (unpaired) electrons. The van der Waals surface area contributed by atoms with Crippen molar-refractivity contribution < 1.29 is 93.6 Å². The van der Waals surface area contributed by atoms with Gasteiger partial charge in [0.2, 0.25) is 0 Å². The van der Waals surface area contributed by atoms with Gasteiger partial charge in [-0.1, -0.05) is 6.92 Å². The van der Waals surface area contributed by atoms with E-state index in [1.165, 1.54) is 4.74 Å². The van der Waals surface area contributed by atoms with Gasteiger partial charge in [0.05, 0.1) is 6.61 Å². The molecule has 0 heterocycles. The molecular weight excluding hydrogens is 531 g/mol. The minimum atomic E-state index is -8.04. The number of rotatable bonds is 9. The van der Waals surface area contributed by atoms with Crippen LogP contribution in [0.4, 0.5) is 74.6 Å². The molecule has 0 spiro atoms. The normalized spacial score (nSPS) is 18.5. The van der Waals surface area contributed by atoms with E-state index in [2.05, 4.69) is 4.74 Å². The largest absolute Gasteiger partial charge is 0.462 e. The second kappa shape index (κ2) is 8.77. The number of ether oxygens (including phenoxy) is 3. The van der Waals surface area contributed by atoms with E-state index in [0.717, 1.165) is 6.92 Å². The van der Waals surface area contributed by atoms with Crippen molar-refractivity contribution in [1.29, 1.82) is 0 Å². The fourth-order valence-corrected chi connectivity index (χ4v) is 1.43. The van der Waals surface area contributed by atoms with Crippen LogP contribution in [0.25, 0.3) is 0 Å². The number of halogens is 17. The first-order valence-corrected chi connectivity index (χ1v) is 7.43. The lowest BCUT2D eigenvalue weighted by molar-refractivity contribution is -0.548. The highest BCUT2D eigenvalue weighted by Gasteiger charge is 2.85. The van der Waals surface area contributed by atoms with Crippen molar-refractivity contribution in [3.8, 4) is 0 Å².